The number of benzene rings is 1. The molecule has 0 aliphatic heterocycles. The summed E-state index contributed by atoms with van der Waals surface area (Å²) in [6, 6.07) is 7.38. The summed E-state index contributed by atoms with van der Waals surface area (Å²) in [6.07, 6.45) is 0.662. The van der Waals surface area contributed by atoms with Crippen LogP contribution < -0.4 is 5.32 Å². The van der Waals surface area contributed by atoms with Gasteiger partial charge in [0.05, 0.1) is 11.3 Å². The normalized spacial score (nSPS) is 9.50. The van der Waals surface area contributed by atoms with Crippen LogP contribution in [0.15, 0.2) is 22.7 Å². The Kier molecular flexibility index (Phi) is 4.80. The number of carbonyl (C=O) groups is 1. The number of aliphatic carboxylic acids is 1. The molecule has 0 aromatic heterocycles. The first-order valence-electron chi connectivity index (χ1n) is 4.79. The van der Waals surface area contributed by atoms with Gasteiger partial charge >= 0.3 is 5.97 Å². The average Bonchev–Trinajstić information content (AvgIpc) is 2.24. The van der Waals surface area contributed by atoms with Crippen LogP contribution in [0, 0.1) is 11.3 Å². The number of halogens is 1. The molecule has 0 aliphatic carbocycles. The molecule has 0 atom stereocenters. The highest BCUT2D eigenvalue weighted by Gasteiger charge is 2.02. The molecule has 0 bridgehead atoms. The van der Waals surface area contributed by atoms with Gasteiger partial charge in [0.15, 0.2) is 0 Å². The van der Waals surface area contributed by atoms with Crippen molar-refractivity contribution in [3.05, 3.63) is 28.2 Å². The lowest BCUT2D eigenvalue weighted by Gasteiger charge is -2.07. The maximum absolute atomic E-state index is 10.3. The lowest BCUT2D eigenvalue weighted by Crippen LogP contribution is -2.05. The number of hydrogen-bond acceptors (Lipinski definition) is 3. The van der Waals surface area contributed by atoms with Gasteiger partial charge in [0, 0.05) is 17.4 Å². The first-order valence-corrected chi connectivity index (χ1v) is 5.58. The lowest BCUT2D eigenvalue weighted by atomic mass is 10.2. The van der Waals surface area contributed by atoms with E-state index in [-0.39, 0.29) is 6.42 Å². The van der Waals surface area contributed by atoms with Gasteiger partial charge in [-0.15, -0.1) is 0 Å². The largest absolute Gasteiger partial charge is 0.481 e. The van der Waals surface area contributed by atoms with E-state index in [4.69, 9.17) is 10.4 Å². The van der Waals surface area contributed by atoms with E-state index in [9.17, 15) is 4.79 Å². The summed E-state index contributed by atoms with van der Waals surface area (Å²) in [7, 11) is 0. The first-order chi connectivity index (χ1) is 7.63. The highest BCUT2D eigenvalue weighted by Crippen LogP contribution is 2.20. The molecule has 0 spiro atoms. The molecule has 16 heavy (non-hydrogen) atoms. The van der Waals surface area contributed by atoms with Gasteiger partial charge in [-0.1, -0.05) is 15.9 Å². The zero-order valence-corrected chi connectivity index (χ0v) is 10.1. The fourth-order valence-electron chi connectivity index (χ4n) is 1.22. The molecule has 1 aromatic carbocycles. The van der Waals surface area contributed by atoms with Crippen LogP contribution in [0.25, 0.3) is 0 Å². The number of rotatable bonds is 5. The Morgan fingerprint density at radius 3 is 2.94 bits per heavy atom. The molecule has 0 amide bonds. The summed E-state index contributed by atoms with van der Waals surface area (Å²) in [5.41, 5.74) is 1.28. The van der Waals surface area contributed by atoms with Gasteiger partial charge < -0.3 is 10.4 Å². The second-order valence-corrected chi connectivity index (χ2v) is 4.14. The van der Waals surface area contributed by atoms with Crippen molar-refractivity contribution in [2.45, 2.75) is 12.8 Å². The number of anilines is 1. The number of carboxylic acids is 1. The summed E-state index contributed by atoms with van der Waals surface area (Å²) in [5.74, 6) is -0.809. The molecule has 5 heteroatoms. The number of nitriles is 1. The van der Waals surface area contributed by atoms with Crippen LogP contribution in [0.3, 0.4) is 0 Å². The van der Waals surface area contributed by atoms with Gasteiger partial charge in [-0.25, -0.2) is 0 Å². The number of nitrogens with zero attached hydrogens (tertiary/aromatic N) is 1. The Bertz CT molecular complexity index is 426. The number of carboxylic acid groups (broad SMARTS) is 1. The van der Waals surface area contributed by atoms with E-state index in [1.807, 2.05) is 0 Å². The molecule has 0 fully saturated rings. The molecule has 84 valence electrons. The van der Waals surface area contributed by atoms with Crippen LogP contribution in [-0.4, -0.2) is 17.6 Å². The van der Waals surface area contributed by atoms with Crippen molar-refractivity contribution in [3.8, 4) is 6.07 Å². The average molecular weight is 283 g/mol. The molecular weight excluding hydrogens is 272 g/mol. The Labute approximate surface area is 102 Å². The quantitative estimate of drug-likeness (QED) is 0.815. The summed E-state index contributed by atoms with van der Waals surface area (Å²) in [5, 5.41) is 20.4. The minimum absolute atomic E-state index is 0.128. The predicted octanol–water partition coefficient (Wildman–Crippen LogP) is 2.60. The van der Waals surface area contributed by atoms with Crippen molar-refractivity contribution < 1.29 is 9.90 Å². The van der Waals surface area contributed by atoms with Crippen molar-refractivity contribution in [1.82, 2.24) is 0 Å². The van der Waals surface area contributed by atoms with E-state index < -0.39 is 5.97 Å². The highest BCUT2D eigenvalue weighted by atomic mass is 79.9. The summed E-state index contributed by atoms with van der Waals surface area (Å²) >= 11 is 3.31. The van der Waals surface area contributed by atoms with E-state index in [2.05, 4.69) is 27.3 Å². The molecule has 4 nitrogen and oxygen atoms in total. The fraction of sp³-hybridized carbons (Fsp3) is 0.273. The van der Waals surface area contributed by atoms with Crippen LogP contribution in [-0.2, 0) is 4.79 Å². The van der Waals surface area contributed by atoms with E-state index >= 15 is 0 Å². The standard InChI is InChI=1S/C11H11BrN2O2/c12-9-4-3-8(7-13)10(6-9)14-5-1-2-11(15)16/h3-4,6,14H,1-2,5H2,(H,15,16). The van der Waals surface area contributed by atoms with Gasteiger partial charge in [-0.05, 0) is 24.6 Å². The van der Waals surface area contributed by atoms with E-state index in [0.29, 0.717) is 18.5 Å². The van der Waals surface area contributed by atoms with Crippen molar-refractivity contribution in [3.63, 3.8) is 0 Å². The minimum atomic E-state index is -0.809. The van der Waals surface area contributed by atoms with Gasteiger partial charge in [0.2, 0.25) is 0 Å². The molecule has 1 aromatic rings. The summed E-state index contributed by atoms with van der Waals surface area (Å²) < 4.78 is 0.882. The van der Waals surface area contributed by atoms with Gasteiger partial charge in [-0.3, -0.25) is 4.79 Å². The second kappa shape index (κ2) is 6.13. The van der Waals surface area contributed by atoms with E-state index in [0.717, 1.165) is 10.2 Å². The zero-order valence-electron chi connectivity index (χ0n) is 8.53. The Balaban J connectivity index is 2.56. The molecule has 0 heterocycles. The maximum Gasteiger partial charge on any atom is 0.303 e. The third-order valence-corrected chi connectivity index (χ3v) is 2.48. The van der Waals surface area contributed by atoms with E-state index in [1.54, 1.807) is 18.2 Å². The first kappa shape index (κ1) is 12.5. The smallest absolute Gasteiger partial charge is 0.303 e. The summed E-state index contributed by atoms with van der Waals surface area (Å²) in [6.45, 7) is 0.539. The van der Waals surface area contributed by atoms with Crippen molar-refractivity contribution in [2.75, 3.05) is 11.9 Å². The number of hydrogen-bond donors (Lipinski definition) is 2. The summed E-state index contributed by atoms with van der Waals surface area (Å²) in [4.78, 5) is 10.3. The predicted molar refractivity (Wildman–Crippen MR) is 64.2 cm³/mol. The van der Waals surface area contributed by atoms with Crippen LogP contribution in [0.5, 0.6) is 0 Å². The Morgan fingerprint density at radius 2 is 2.31 bits per heavy atom. The Hall–Kier alpha value is -1.54. The molecule has 0 aliphatic rings. The second-order valence-electron chi connectivity index (χ2n) is 3.23. The zero-order chi connectivity index (χ0) is 12.0. The third kappa shape index (κ3) is 3.91. The molecule has 1 rings (SSSR count). The number of nitrogens with one attached hydrogen (secondary N) is 1. The lowest BCUT2D eigenvalue weighted by molar-refractivity contribution is -0.137. The van der Waals surface area contributed by atoms with E-state index in [1.165, 1.54) is 0 Å². The van der Waals surface area contributed by atoms with Crippen molar-refractivity contribution in [1.29, 1.82) is 5.26 Å². The molecule has 0 saturated carbocycles. The third-order valence-electron chi connectivity index (χ3n) is 1.98. The van der Waals surface area contributed by atoms with Crippen molar-refractivity contribution >= 4 is 27.6 Å². The van der Waals surface area contributed by atoms with Crippen LogP contribution >= 0.6 is 15.9 Å². The van der Waals surface area contributed by atoms with Crippen molar-refractivity contribution in [2.24, 2.45) is 0 Å². The SMILES string of the molecule is N#Cc1ccc(Br)cc1NCCCC(=O)O. The van der Waals surface area contributed by atoms with Crippen LogP contribution in [0.2, 0.25) is 0 Å². The highest BCUT2D eigenvalue weighted by molar-refractivity contribution is 9.10. The molecule has 2 N–H and O–H groups in total. The minimum Gasteiger partial charge on any atom is -0.481 e. The van der Waals surface area contributed by atoms with Gasteiger partial charge in [0.25, 0.3) is 0 Å². The molecular formula is C11H11BrN2O2. The fourth-order valence-corrected chi connectivity index (χ4v) is 1.58. The molecule has 0 unspecified atom stereocenters. The topological polar surface area (TPSA) is 73.1 Å². The molecule has 0 saturated heterocycles. The monoisotopic (exact) mass is 282 g/mol. The van der Waals surface area contributed by atoms with Gasteiger partial charge in [-0.2, -0.15) is 5.26 Å². The van der Waals surface area contributed by atoms with Crippen LogP contribution in [0.4, 0.5) is 5.69 Å². The van der Waals surface area contributed by atoms with Crippen LogP contribution in [0.1, 0.15) is 18.4 Å². The Morgan fingerprint density at radius 1 is 1.56 bits per heavy atom. The molecule has 0 radical (unpaired) electrons. The maximum atomic E-state index is 10.3. The van der Waals surface area contributed by atoms with Gasteiger partial charge in [0.1, 0.15) is 6.07 Å².